The van der Waals surface area contributed by atoms with Crippen molar-refractivity contribution in [3.63, 3.8) is 0 Å². The van der Waals surface area contributed by atoms with Gasteiger partial charge in [0.25, 0.3) is 0 Å². The molecule has 5 heteroatoms. The highest BCUT2D eigenvalue weighted by molar-refractivity contribution is 6.42. The minimum atomic E-state index is -0.633. The highest BCUT2D eigenvalue weighted by atomic mass is 35.5. The van der Waals surface area contributed by atoms with Gasteiger partial charge in [0.2, 0.25) is 0 Å². The quantitative estimate of drug-likeness (QED) is 0.865. The van der Waals surface area contributed by atoms with Crippen molar-refractivity contribution in [1.29, 1.82) is 0 Å². The van der Waals surface area contributed by atoms with Crippen LogP contribution in [0.5, 0.6) is 5.75 Å². The molecule has 0 aliphatic heterocycles. The predicted octanol–water partition coefficient (Wildman–Crippen LogP) is 4.63. The van der Waals surface area contributed by atoms with Crippen LogP contribution in [0.4, 0.5) is 0 Å². The Morgan fingerprint density at radius 2 is 1.80 bits per heavy atom. The van der Waals surface area contributed by atoms with Crippen LogP contribution in [0.15, 0.2) is 42.5 Å². The first-order valence-corrected chi connectivity index (χ1v) is 7.18. The molecule has 0 saturated carbocycles. The molecule has 0 aromatic heterocycles. The molecule has 0 bridgehead atoms. The molecule has 1 unspecified atom stereocenters. The van der Waals surface area contributed by atoms with Crippen LogP contribution < -0.4 is 4.74 Å². The first kappa shape index (κ1) is 15.5. The highest BCUT2D eigenvalue weighted by Crippen LogP contribution is 2.23. The first-order chi connectivity index (χ1) is 9.54. The molecule has 2 rings (SSSR count). The van der Waals surface area contributed by atoms with Gasteiger partial charge in [-0.2, -0.15) is 0 Å². The maximum Gasteiger partial charge on any atom is 0.120 e. The summed E-state index contributed by atoms with van der Waals surface area (Å²) >= 11 is 17.6. The van der Waals surface area contributed by atoms with E-state index in [0.717, 1.165) is 5.56 Å². The van der Waals surface area contributed by atoms with E-state index < -0.39 is 6.10 Å². The lowest BCUT2D eigenvalue weighted by Gasteiger charge is -2.13. The molecule has 106 valence electrons. The molecule has 0 heterocycles. The van der Waals surface area contributed by atoms with E-state index in [9.17, 15) is 5.11 Å². The Balaban J connectivity index is 1.89. The number of ether oxygens (including phenoxy) is 1. The van der Waals surface area contributed by atoms with Crippen LogP contribution in [-0.4, -0.2) is 17.8 Å². The van der Waals surface area contributed by atoms with Crippen LogP contribution >= 0.6 is 34.8 Å². The fourth-order valence-electron chi connectivity index (χ4n) is 1.75. The maximum atomic E-state index is 9.96. The van der Waals surface area contributed by atoms with E-state index in [4.69, 9.17) is 39.5 Å². The van der Waals surface area contributed by atoms with E-state index in [1.54, 1.807) is 36.4 Å². The first-order valence-electron chi connectivity index (χ1n) is 6.05. The van der Waals surface area contributed by atoms with Crippen LogP contribution in [0.3, 0.4) is 0 Å². The third-order valence-corrected chi connectivity index (χ3v) is 3.67. The van der Waals surface area contributed by atoms with E-state index in [-0.39, 0.29) is 6.61 Å². The van der Waals surface area contributed by atoms with Crippen molar-refractivity contribution in [2.24, 2.45) is 0 Å². The molecule has 2 aromatic rings. The van der Waals surface area contributed by atoms with Crippen molar-refractivity contribution in [3.05, 3.63) is 63.1 Å². The van der Waals surface area contributed by atoms with E-state index in [2.05, 4.69) is 0 Å². The fourth-order valence-corrected chi connectivity index (χ4v) is 2.25. The van der Waals surface area contributed by atoms with E-state index >= 15 is 0 Å². The van der Waals surface area contributed by atoms with Crippen LogP contribution in [0.25, 0.3) is 0 Å². The molecule has 0 spiro atoms. The Morgan fingerprint density at radius 1 is 1.00 bits per heavy atom. The molecule has 0 amide bonds. The van der Waals surface area contributed by atoms with Crippen molar-refractivity contribution in [2.45, 2.75) is 12.5 Å². The van der Waals surface area contributed by atoms with Gasteiger partial charge in [0.1, 0.15) is 12.4 Å². The van der Waals surface area contributed by atoms with Crippen molar-refractivity contribution in [1.82, 2.24) is 0 Å². The summed E-state index contributed by atoms with van der Waals surface area (Å²) in [4.78, 5) is 0. The average Bonchev–Trinajstić information content (AvgIpc) is 2.41. The number of aliphatic hydroxyl groups is 1. The zero-order chi connectivity index (χ0) is 14.5. The van der Waals surface area contributed by atoms with Gasteiger partial charge in [0.05, 0.1) is 16.1 Å². The number of hydrogen-bond acceptors (Lipinski definition) is 2. The van der Waals surface area contributed by atoms with Crippen LogP contribution in [-0.2, 0) is 6.42 Å². The summed E-state index contributed by atoms with van der Waals surface area (Å²) in [6.07, 6.45) is -0.191. The number of rotatable bonds is 5. The Morgan fingerprint density at radius 3 is 2.50 bits per heavy atom. The van der Waals surface area contributed by atoms with Gasteiger partial charge in [-0.15, -0.1) is 0 Å². The zero-order valence-corrected chi connectivity index (χ0v) is 12.8. The summed E-state index contributed by atoms with van der Waals surface area (Å²) in [5.74, 6) is 0.630. The van der Waals surface area contributed by atoms with Crippen LogP contribution in [0.1, 0.15) is 5.56 Å². The summed E-state index contributed by atoms with van der Waals surface area (Å²) in [7, 11) is 0. The SMILES string of the molecule is OC(COc1cccc(Cl)c1)Cc1ccc(Cl)c(Cl)c1. The summed E-state index contributed by atoms with van der Waals surface area (Å²) in [5, 5.41) is 11.5. The molecule has 0 radical (unpaired) electrons. The van der Waals surface area contributed by atoms with Gasteiger partial charge in [-0.1, -0.05) is 46.9 Å². The van der Waals surface area contributed by atoms with Gasteiger partial charge >= 0.3 is 0 Å². The lowest BCUT2D eigenvalue weighted by molar-refractivity contribution is 0.108. The zero-order valence-electron chi connectivity index (χ0n) is 10.5. The fraction of sp³-hybridized carbons (Fsp3) is 0.200. The molecule has 0 fully saturated rings. The topological polar surface area (TPSA) is 29.5 Å². The maximum absolute atomic E-state index is 9.96. The average molecular weight is 332 g/mol. The normalized spacial score (nSPS) is 12.2. The molecule has 20 heavy (non-hydrogen) atoms. The van der Waals surface area contributed by atoms with E-state index in [1.807, 2.05) is 6.07 Å². The minimum Gasteiger partial charge on any atom is -0.491 e. The second kappa shape index (κ2) is 7.19. The van der Waals surface area contributed by atoms with Gasteiger partial charge in [0, 0.05) is 11.4 Å². The van der Waals surface area contributed by atoms with Gasteiger partial charge in [-0.05, 0) is 35.9 Å². The molecule has 0 aliphatic rings. The standard InChI is InChI=1S/C15H13Cl3O2/c16-11-2-1-3-13(8-11)20-9-12(19)6-10-4-5-14(17)15(18)7-10/h1-5,7-8,12,19H,6,9H2. The molecule has 1 atom stereocenters. The van der Waals surface area contributed by atoms with Crippen molar-refractivity contribution >= 4 is 34.8 Å². The van der Waals surface area contributed by atoms with Crippen LogP contribution in [0, 0.1) is 0 Å². The summed E-state index contributed by atoms with van der Waals surface area (Å²) in [5.41, 5.74) is 0.904. The Bertz CT molecular complexity index is 587. The van der Waals surface area contributed by atoms with Crippen molar-refractivity contribution in [3.8, 4) is 5.75 Å². The monoisotopic (exact) mass is 330 g/mol. The van der Waals surface area contributed by atoms with Crippen LogP contribution in [0.2, 0.25) is 15.1 Å². The molecule has 2 nitrogen and oxygen atoms in total. The molecule has 0 aliphatic carbocycles. The minimum absolute atomic E-state index is 0.181. The number of aliphatic hydroxyl groups excluding tert-OH is 1. The molecule has 0 saturated heterocycles. The highest BCUT2D eigenvalue weighted by Gasteiger charge is 2.08. The lowest BCUT2D eigenvalue weighted by atomic mass is 10.1. The second-order valence-electron chi connectivity index (χ2n) is 4.37. The summed E-state index contributed by atoms with van der Waals surface area (Å²) in [6.45, 7) is 0.181. The Hall–Kier alpha value is -0.930. The van der Waals surface area contributed by atoms with Crippen molar-refractivity contribution < 1.29 is 9.84 Å². The Labute approximate surface area is 132 Å². The van der Waals surface area contributed by atoms with E-state index in [0.29, 0.717) is 27.2 Å². The van der Waals surface area contributed by atoms with Gasteiger partial charge < -0.3 is 9.84 Å². The van der Waals surface area contributed by atoms with Crippen molar-refractivity contribution in [2.75, 3.05) is 6.61 Å². The van der Waals surface area contributed by atoms with Gasteiger partial charge in [0.15, 0.2) is 0 Å². The number of halogens is 3. The number of benzene rings is 2. The molecular weight excluding hydrogens is 319 g/mol. The van der Waals surface area contributed by atoms with Gasteiger partial charge in [-0.25, -0.2) is 0 Å². The smallest absolute Gasteiger partial charge is 0.120 e. The largest absolute Gasteiger partial charge is 0.491 e. The van der Waals surface area contributed by atoms with Gasteiger partial charge in [-0.3, -0.25) is 0 Å². The molecule has 2 aromatic carbocycles. The third-order valence-electron chi connectivity index (χ3n) is 2.69. The van der Waals surface area contributed by atoms with E-state index in [1.165, 1.54) is 0 Å². The Kier molecular flexibility index (Phi) is 5.55. The lowest BCUT2D eigenvalue weighted by Crippen LogP contribution is -2.20. The number of hydrogen-bond donors (Lipinski definition) is 1. The molecule has 1 N–H and O–H groups in total. The third kappa shape index (κ3) is 4.57. The summed E-state index contributed by atoms with van der Waals surface area (Å²) < 4.78 is 5.48. The molecular formula is C15H13Cl3O2. The second-order valence-corrected chi connectivity index (χ2v) is 5.63. The summed E-state index contributed by atoms with van der Waals surface area (Å²) in [6, 6.07) is 12.3. The predicted molar refractivity (Wildman–Crippen MR) is 83.1 cm³/mol.